The Balaban J connectivity index is 3.22. The number of amidine groups is 1. The Labute approximate surface area is 41.8 Å². The van der Waals surface area contributed by atoms with Gasteiger partial charge in [-0.2, -0.15) is 0 Å². The topological polar surface area (TPSA) is 40.0 Å². The van der Waals surface area contributed by atoms with Gasteiger partial charge in [-0.05, 0) is 18.0 Å². The lowest BCUT2D eigenvalue weighted by Gasteiger charge is -1.76. The molecular weight excluding hydrogens is 96.1 g/mol. The Morgan fingerprint density at radius 3 is 2.33 bits per heavy atom. The molecule has 0 aromatic heterocycles. The summed E-state index contributed by atoms with van der Waals surface area (Å²) in [6, 6.07) is 0. The fourth-order valence-electron chi connectivity index (χ4n) is 0.102. The van der Waals surface area contributed by atoms with E-state index in [-0.39, 0.29) is 0 Å². The average molecular weight is 105 g/mol. The molecule has 0 aromatic rings. The van der Waals surface area contributed by atoms with E-state index < -0.39 is 0 Å². The molecule has 0 rings (SSSR count). The molecule has 0 aliphatic heterocycles. The van der Waals surface area contributed by atoms with Crippen molar-refractivity contribution in [3.8, 4) is 0 Å². The van der Waals surface area contributed by atoms with Crippen LogP contribution in [0.5, 0.6) is 0 Å². The summed E-state index contributed by atoms with van der Waals surface area (Å²) in [7, 11) is 1.80. The Hall–Kier alpha value is -0.180. The molecule has 0 amide bonds. The fourth-order valence-corrected chi connectivity index (χ4v) is 0.306. The van der Waals surface area contributed by atoms with E-state index in [1.165, 1.54) is 11.8 Å². The van der Waals surface area contributed by atoms with Crippen molar-refractivity contribution in [1.82, 2.24) is 0 Å². The summed E-state index contributed by atoms with van der Waals surface area (Å²) >= 11 is 1.51. The number of nitrogens with two attached hydrogens (primary N) is 1. The first kappa shape index (κ1) is 5.82. The molecule has 0 atom stereocenters. The number of hydrogen-bond acceptors (Lipinski definition) is 1. The van der Waals surface area contributed by atoms with Gasteiger partial charge in [0.1, 0.15) is 0 Å². The van der Waals surface area contributed by atoms with Crippen LogP contribution < -0.4 is 10.7 Å². The largest absolute Gasteiger partial charge is 0.301 e. The van der Waals surface area contributed by atoms with E-state index in [1.807, 2.05) is 6.26 Å². The second-order valence-electron chi connectivity index (χ2n) is 0.818. The summed E-state index contributed by atoms with van der Waals surface area (Å²) in [5.74, 6) is 0. The third-order valence-electron chi connectivity index (χ3n) is 0.466. The SMILES string of the molecule is C[NH+]=C(N)SC. The molecule has 0 aliphatic carbocycles. The minimum absolute atomic E-state index is 0.759. The van der Waals surface area contributed by atoms with E-state index in [0.29, 0.717) is 0 Å². The molecule has 0 saturated heterocycles. The second kappa shape index (κ2) is 3.03. The van der Waals surface area contributed by atoms with Crippen molar-refractivity contribution in [1.29, 1.82) is 0 Å². The zero-order valence-corrected chi connectivity index (χ0v) is 4.80. The van der Waals surface area contributed by atoms with Gasteiger partial charge in [0.2, 0.25) is 0 Å². The van der Waals surface area contributed by atoms with Gasteiger partial charge >= 0.3 is 5.17 Å². The maximum Gasteiger partial charge on any atom is 0.301 e. The van der Waals surface area contributed by atoms with Gasteiger partial charge in [0.05, 0.1) is 7.05 Å². The van der Waals surface area contributed by atoms with Crippen LogP contribution in [0.2, 0.25) is 0 Å². The smallest absolute Gasteiger partial charge is 0.282 e. The average Bonchev–Trinajstić information content (AvgIpc) is 1.65. The van der Waals surface area contributed by atoms with Gasteiger partial charge in [0.25, 0.3) is 0 Å². The van der Waals surface area contributed by atoms with E-state index in [4.69, 9.17) is 5.73 Å². The molecule has 36 valence electrons. The molecule has 0 radical (unpaired) electrons. The van der Waals surface area contributed by atoms with Crippen LogP contribution in [0, 0.1) is 0 Å². The molecule has 0 heterocycles. The van der Waals surface area contributed by atoms with Crippen molar-refractivity contribution < 1.29 is 4.99 Å². The summed E-state index contributed by atoms with van der Waals surface area (Å²) in [6.07, 6.45) is 1.92. The van der Waals surface area contributed by atoms with Gasteiger partial charge < -0.3 is 0 Å². The maximum absolute atomic E-state index is 5.24. The zero-order valence-electron chi connectivity index (χ0n) is 3.99. The van der Waals surface area contributed by atoms with Crippen molar-refractivity contribution in [3.05, 3.63) is 0 Å². The van der Waals surface area contributed by atoms with Crippen molar-refractivity contribution in [3.63, 3.8) is 0 Å². The van der Waals surface area contributed by atoms with E-state index >= 15 is 0 Å². The van der Waals surface area contributed by atoms with Gasteiger partial charge in [-0.15, -0.1) is 0 Å². The first-order chi connectivity index (χ1) is 2.81. The third kappa shape index (κ3) is 2.08. The standard InChI is InChI=1S/C3H8N2S/c1-5-3(4)6-2/h1-2H3,(H2,4,5)/p+1. The Kier molecular flexibility index (Phi) is 2.94. The van der Waals surface area contributed by atoms with Crippen LogP contribution in [0.4, 0.5) is 0 Å². The van der Waals surface area contributed by atoms with Gasteiger partial charge in [0.15, 0.2) is 0 Å². The summed E-state index contributed by atoms with van der Waals surface area (Å²) in [4.78, 5) is 2.77. The van der Waals surface area contributed by atoms with Crippen LogP contribution in [0.25, 0.3) is 0 Å². The molecule has 0 spiro atoms. The molecule has 0 bridgehead atoms. The number of hydrogen-bond donors (Lipinski definition) is 2. The molecule has 0 fully saturated rings. The van der Waals surface area contributed by atoms with Crippen molar-refractivity contribution in [2.75, 3.05) is 13.3 Å². The fraction of sp³-hybridized carbons (Fsp3) is 0.667. The quantitative estimate of drug-likeness (QED) is 0.287. The lowest BCUT2D eigenvalue weighted by molar-refractivity contribution is -0.417. The highest BCUT2D eigenvalue weighted by molar-refractivity contribution is 8.12. The maximum atomic E-state index is 5.24. The van der Waals surface area contributed by atoms with Crippen LogP contribution in [0.15, 0.2) is 0 Å². The van der Waals surface area contributed by atoms with Crippen LogP contribution in [0.1, 0.15) is 0 Å². The van der Waals surface area contributed by atoms with Gasteiger partial charge in [-0.1, -0.05) is 0 Å². The van der Waals surface area contributed by atoms with E-state index in [0.717, 1.165) is 5.17 Å². The minimum Gasteiger partial charge on any atom is -0.282 e. The molecule has 6 heavy (non-hydrogen) atoms. The molecule has 3 N–H and O–H groups in total. The predicted molar refractivity (Wildman–Crippen MR) is 29.6 cm³/mol. The molecule has 2 nitrogen and oxygen atoms in total. The van der Waals surface area contributed by atoms with E-state index in [9.17, 15) is 0 Å². The van der Waals surface area contributed by atoms with Crippen LogP contribution in [-0.4, -0.2) is 18.5 Å². The van der Waals surface area contributed by atoms with Gasteiger partial charge in [-0.25, -0.2) is 0 Å². The van der Waals surface area contributed by atoms with Crippen LogP contribution in [0.3, 0.4) is 0 Å². The van der Waals surface area contributed by atoms with E-state index in [1.54, 1.807) is 7.05 Å². The summed E-state index contributed by atoms with van der Waals surface area (Å²) in [5.41, 5.74) is 5.24. The van der Waals surface area contributed by atoms with Crippen LogP contribution >= 0.6 is 11.8 Å². The zero-order chi connectivity index (χ0) is 4.99. The highest BCUT2D eigenvalue weighted by Gasteiger charge is 1.84. The third-order valence-corrected chi connectivity index (χ3v) is 1.11. The molecule has 0 unspecified atom stereocenters. The number of thioether (sulfide) groups is 1. The summed E-state index contributed by atoms with van der Waals surface area (Å²) in [5, 5.41) is 0.759. The molecule has 0 aliphatic rings. The lowest BCUT2D eigenvalue weighted by atomic mass is 11.3. The molecule has 0 aromatic carbocycles. The number of rotatable bonds is 0. The van der Waals surface area contributed by atoms with Crippen molar-refractivity contribution in [2.45, 2.75) is 0 Å². The van der Waals surface area contributed by atoms with Gasteiger partial charge in [0, 0.05) is 0 Å². The number of nitrogens with one attached hydrogen (secondary N) is 1. The predicted octanol–water partition coefficient (Wildman–Crippen LogP) is -1.63. The first-order valence-electron chi connectivity index (χ1n) is 1.65. The molecule has 0 saturated carbocycles. The lowest BCUT2D eigenvalue weighted by Crippen LogP contribution is -2.69. The summed E-state index contributed by atoms with van der Waals surface area (Å²) < 4.78 is 0. The normalized spacial score (nSPS) is 12.0. The highest BCUT2D eigenvalue weighted by Crippen LogP contribution is 1.79. The van der Waals surface area contributed by atoms with Crippen molar-refractivity contribution in [2.24, 2.45) is 5.73 Å². The van der Waals surface area contributed by atoms with Crippen molar-refractivity contribution >= 4 is 16.9 Å². The monoisotopic (exact) mass is 105 g/mol. The molecular formula is C3H9N2S+. The minimum atomic E-state index is 0.759. The Morgan fingerprint density at radius 2 is 2.33 bits per heavy atom. The Morgan fingerprint density at radius 1 is 1.83 bits per heavy atom. The second-order valence-corrected chi connectivity index (χ2v) is 1.67. The summed E-state index contributed by atoms with van der Waals surface area (Å²) in [6.45, 7) is 0. The van der Waals surface area contributed by atoms with Gasteiger partial charge in [-0.3, -0.25) is 10.7 Å². The first-order valence-corrected chi connectivity index (χ1v) is 2.88. The van der Waals surface area contributed by atoms with E-state index in [2.05, 4.69) is 4.99 Å². The molecule has 3 heteroatoms. The van der Waals surface area contributed by atoms with Crippen LogP contribution in [-0.2, 0) is 0 Å². The highest BCUT2D eigenvalue weighted by atomic mass is 32.2. The Bertz CT molecular complexity index is 59.8.